The minimum Gasteiger partial charge on any atom is -0.207 e. The van der Waals surface area contributed by atoms with E-state index in [0.717, 1.165) is 25.0 Å². The summed E-state index contributed by atoms with van der Waals surface area (Å²) >= 11 is 5.46. The van der Waals surface area contributed by atoms with Gasteiger partial charge in [0.2, 0.25) is 10.0 Å². The lowest BCUT2D eigenvalue weighted by atomic mass is 10.2. The molecule has 1 aromatic rings. The Balaban J connectivity index is 2.51. The molecular weight excluding hydrogens is 296 g/mol. The van der Waals surface area contributed by atoms with Gasteiger partial charge in [-0.15, -0.1) is 11.6 Å². The molecule has 1 fully saturated rings. The van der Waals surface area contributed by atoms with Crippen molar-refractivity contribution in [3.63, 3.8) is 0 Å². The molecule has 0 atom stereocenters. The molecule has 106 valence electrons. The van der Waals surface area contributed by atoms with Crippen molar-refractivity contribution in [2.45, 2.75) is 36.6 Å². The number of halogens is 3. The zero-order chi connectivity index (χ0) is 14.2. The Morgan fingerprint density at radius 3 is 2.47 bits per heavy atom. The molecule has 1 saturated carbocycles. The van der Waals surface area contributed by atoms with Gasteiger partial charge in [-0.1, -0.05) is 6.92 Å². The fourth-order valence-electron chi connectivity index (χ4n) is 2.01. The number of hydrogen-bond donors (Lipinski definition) is 0. The van der Waals surface area contributed by atoms with Gasteiger partial charge in [-0.25, -0.2) is 17.2 Å². The van der Waals surface area contributed by atoms with Crippen LogP contribution >= 0.6 is 11.6 Å². The van der Waals surface area contributed by atoms with Crippen LogP contribution < -0.4 is 0 Å². The fraction of sp³-hybridized carbons (Fsp3) is 0.500. The van der Waals surface area contributed by atoms with Gasteiger partial charge in [0.1, 0.15) is 10.7 Å². The maximum Gasteiger partial charge on any atom is 0.246 e. The molecule has 1 aromatic carbocycles. The summed E-state index contributed by atoms with van der Waals surface area (Å²) < 4.78 is 53.4. The molecule has 0 aromatic heterocycles. The van der Waals surface area contributed by atoms with Gasteiger partial charge in [0, 0.05) is 18.2 Å². The second kappa shape index (κ2) is 5.34. The normalized spacial score (nSPS) is 16.1. The van der Waals surface area contributed by atoms with Crippen molar-refractivity contribution < 1.29 is 17.2 Å². The SMILES string of the molecule is CCN(C1CC1)S(=O)(=O)c1ccc(F)c(CCl)c1F. The van der Waals surface area contributed by atoms with Gasteiger partial charge in [0.05, 0.1) is 5.88 Å². The molecular formula is C12H14ClF2NO2S. The summed E-state index contributed by atoms with van der Waals surface area (Å²) in [6.45, 7) is 1.96. The Hall–Kier alpha value is -0.720. The summed E-state index contributed by atoms with van der Waals surface area (Å²) in [5.41, 5.74) is -0.408. The van der Waals surface area contributed by atoms with Crippen molar-refractivity contribution in [3.8, 4) is 0 Å². The molecule has 0 unspecified atom stereocenters. The molecule has 2 rings (SSSR count). The second-order valence-corrected chi connectivity index (χ2v) is 6.54. The van der Waals surface area contributed by atoms with Gasteiger partial charge in [-0.05, 0) is 25.0 Å². The summed E-state index contributed by atoms with van der Waals surface area (Å²) in [7, 11) is -3.93. The van der Waals surface area contributed by atoms with Gasteiger partial charge in [-0.2, -0.15) is 4.31 Å². The van der Waals surface area contributed by atoms with E-state index >= 15 is 0 Å². The largest absolute Gasteiger partial charge is 0.246 e. The van der Waals surface area contributed by atoms with Crippen molar-refractivity contribution in [1.82, 2.24) is 4.31 Å². The van der Waals surface area contributed by atoms with E-state index in [2.05, 4.69) is 0 Å². The van der Waals surface area contributed by atoms with Crippen LogP contribution in [0.3, 0.4) is 0 Å². The van der Waals surface area contributed by atoms with E-state index in [9.17, 15) is 17.2 Å². The van der Waals surface area contributed by atoms with E-state index in [0.29, 0.717) is 0 Å². The smallest absolute Gasteiger partial charge is 0.207 e. The lowest BCUT2D eigenvalue weighted by Gasteiger charge is -2.20. The van der Waals surface area contributed by atoms with Gasteiger partial charge < -0.3 is 0 Å². The number of hydrogen-bond acceptors (Lipinski definition) is 2. The van der Waals surface area contributed by atoms with E-state index in [-0.39, 0.29) is 12.6 Å². The van der Waals surface area contributed by atoms with Crippen LogP contribution in [-0.2, 0) is 15.9 Å². The van der Waals surface area contributed by atoms with Crippen molar-refractivity contribution in [3.05, 3.63) is 29.3 Å². The molecule has 19 heavy (non-hydrogen) atoms. The molecule has 0 saturated heterocycles. The molecule has 0 N–H and O–H groups in total. The fourth-order valence-corrected chi connectivity index (χ4v) is 4.04. The van der Waals surface area contributed by atoms with Crippen LogP contribution in [-0.4, -0.2) is 25.3 Å². The first-order chi connectivity index (χ1) is 8.93. The van der Waals surface area contributed by atoms with Gasteiger partial charge in [0.25, 0.3) is 0 Å². The second-order valence-electron chi connectivity index (χ2n) is 4.41. The molecule has 1 aliphatic carbocycles. The van der Waals surface area contributed by atoms with Crippen LogP contribution in [0.2, 0.25) is 0 Å². The van der Waals surface area contributed by atoms with Crippen LogP contribution in [0.25, 0.3) is 0 Å². The van der Waals surface area contributed by atoms with E-state index in [1.54, 1.807) is 6.92 Å². The number of alkyl halides is 1. The monoisotopic (exact) mass is 309 g/mol. The third kappa shape index (κ3) is 2.61. The number of rotatable bonds is 5. The molecule has 0 radical (unpaired) electrons. The molecule has 0 aliphatic heterocycles. The summed E-state index contributed by atoms with van der Waals surface area (Å²) in [4.78, 5) is -0.502. The highest BCUT2D eigenvalue weighted by molar-refractivity contribution is 7.89. The third-order valence-electron chi connectivity index (χ3n) is 3.14. The first-order valence-corrected chi connectivity index (χ1v) is 7.95. The molecule has 0 bridgehead atoms. The average molecular weight is 310 g/mol. The maximum absolute atomic E-state index is 14.1. The van der Waals surface area contributed by atoms with Crippen LogP contribution in [0.1, 0.15) is 25.3 Å². The Morgan fingerprint density at radius 2 is 2.00 bits per heavy atom. The predicted molar refractivity (Wildman–Crippen MR) is 68.5 cm³/mol. The summed E-state index contributed by atoms with van der Waals surface area (Å²) in [6.07, 6.45) is 1.55. The van der Waals surface area contributed by atoms with Crippen molar-refractivity contribution in [1.29, 1.82) is 0 Å². The molecule has 0 amide bonds. The van der Waals surface area contributed by atoms with Gasteiger partial charge in [0.15, 0.2) is 5.82 Å². The Bertz CT molecular complexity index is 588. The highest BCUT2D eigenvalue weighted by Gasteiger charge is 2.38. The zero-order valence-electron chi connectivity index (χ0n) is 10.4. The Labute approximate surface area is 116 Å². The summed E-state index contributed by atoms with van der Waals surface area (Å²) in [5.74, 6) is -2.33. The van der Waals surface area contributed by atoms with Crippen LogP contribution in [0, 0.1) is 11.6 Å². The zero-order valence-corrected chi connectivity index (χ0v) is 11.9. The molecule has 1 aliphatic rings. The molecule has 7 heteroatoms. The highest BCUT2D eigenvalue weighted by Crippen LogP contribution is 2.33. The van der Waals surface area contributed by atoms with Crippen LogP contribution in [0.4, 0.5) is 8.78 Å². The minimum atomic E-state index is -3.93. The van der Waals surface area contributed by atoms with Gasteiger partial charge >= 0.3 is 0 Å². The van der Waals surface area contributed by atoms with Crippen molar-refractivity contribution in [2.24, 2.45) is 0 Å². The van der Waals surface area contributed by atoms with Crippen molar-refractivity contribution >= 4 is 21.6 Å². The lowest BCUT2D eigenvalue weighted by Crippen LogP contribution is -2.33. The van der Waals surface area contributed by atoms with Gasteiger partial charge in [-0.3, -0.25) is 0 Å². The maximum atomic E-state index is 14.1. The standard InChI is InChI=1S/C12H14ClF2NO2S/c1-2-16(8-3-4-8)19(17,18)11-6-5-10(14)9(7-13)12(11)15/h5-6,8H,2-4,7H2,1H3. The number of nitrogens with zero attached hydrogens (tertiary/aromatic N) is 1. The Morgan fingerprint density at radius 1 is 1.37 bits per heavy atom. The van der Waals surface area contributed by atoms with E-state index in [4.69, 9.17) is 11.6 Å². The Kier molecular flexibility index (Phi) is 4.13. The highest BCUT2D eigenvalue weighted by atomic mass is 35.5. The van der Waals surface area contributed by atoms with E-state index < -0.39 is 38.0 Å². The van der Waals surface area contributed by atoms with E-state index in [1.165, 1.54) is 4.31 Å². The molecule has 0 heterocycles. The summed E-state index contributed by atoms with van der Waals surface area (Å²) in [5, 5.41) is 0. The first-order valence-electron chi connectivity index (χ1n) is 5.98. The van der Waals surface area contributed by atoms with Crippen molar-refractivity contribution in [2.75, 3.05) is 6.54 Å². The molecule has 3 nitrogen and oxygen atoms in total. The lowest BCUT2D eigenvalue weighted by molar-refractivity contribution is 0.416. The number of benzene rings is 1. The summed E-state index contributed by atoms with van der Waals surface area (Å²) in [6, 6.07) is 1.83. The van der Waals surface area contributed by atoms with Crippen LogP contribution in [0.15, 0.2) is 17.0 Å². The predicted octanol–water partition coefficient (Wildman–Crippen LogP) is 2.88. The quantitative estimate of drug-likeness (QED) is 0.784. The van der Waals surface area contributed by atoms with E-state index in [1.807, 2.05) is 0 Å². The average Bonchev–Trinajstić information content (AvgIpc) is 3.14. The first kappa shape index (κ1) is 14.7. The number of sulfonamides is 1. The minimum absolute atomic E-state index is 0.0705. The topological polar surface area (TPSA) is 37.4 Å². The third-order valence-corrected chi connectivity index (χ3v) is 5.45. The van der Waals surface area contributed by atoms with Crippen LogP contribution in [0.5, 0.6) is 0 Å². The molecule has 0 spiro atoms.